The summed E-state index contributed by atoms with van der Waals surface area (Å²) in [5.74, 6) is 0.0781. The molecule has 2 N–H and O–H groups in total. The van der Waals surface area contributed by atoms with Crippen LogP contribution in [0.2, 0.25) is 0 Å². The number of hydrogen-bond acceptors (Lipinski definition) is 6. The topological polar surface area (TPSA) is 83.3 Å². The van der Waals surface area contributed by atoms with E-state index in [2.05, 4.69) is 27.2 Å². The minimum absolute atomic E-state index is 0.0227. The van der Waals surface area contributed by atoms with Gasteiger partial charge in [-0.15, -0.1) is 11.3 Å². The third-order valence-electron chi connectivity index (χ3n) is 4.83. The van der Waals surface area contributed by atoms with Gasteiger partial charge < -0.3 is 5.11 Å². The lowest BCUT2D eigenvalue weighted by Gasteiger charge is -2.30. The number of rotatable bonds is 5. The van der Waals surface area contributed by atoms with Crippen LogP contribution in [0, 0.1) is 5.92 Å². The van der Waals surface area contributed by atoms with Crippen LogP contribution in [0.25, 0.3) is 5.69 Å². The number of hydrogen-bond donors (Lipinski definition) is 2. The molecule has 1 amide bonds. The first kappa shape index (κ1) is 18.6. The number of aromatic nitrogens is 3. The number of anilines is 1. The molecule has 8 heteroatoms. The molecule has 0 saturated carbocycles. The standard InChI is InChI=1S/C20H23N5O2S/c1-14-6-5-9-24(10-14)11-15-13-28-20(21-15)22-19(27)18-17(26)12-25(23-18)16-7-3-2-4-8-16/h2-4,7-8,12-14,26H,5-6,9-11H2,1H3,(H,21,22,27). The zero-order valence-electron chi connectivity index (χ0n) is 15.7. The molecular weight excluding hydrogens is 374 g/mol. The molecule has 0 bridgehead atoms. The van der Waals surface area contributed by atoms with Crippen LogP contribution in [0.3, 0.4) is 0 Å². The maximum Gasteiger partial charge on any atom is 0.281 e. The number of carbonyl (C=O) groups is 1. The van der Waals surface area contributed by atoms with E-state index in [0.717, 1.165) is 31.0 Å². The minimum Gasteiger partial charge on any atom is -0.504 e. The Bertz CT molecular complexity index is 953. The molecule has 7 nitrogen and oxygen atoms in total. The Hall–Kier alpha value is -2.71. The lowest BCUT2D eigenvalue weighted by atomic mass is 10.0. The number of aromatic hydroxyl groups is 1. The highest BCUT2D eigenvalue weighted by atomic mass is 32.1. The zero-order valence-corrected chi connectivity index (χ0v) is 16.5. The molecule has 3 heterocycles. The van der Waals surface area contributed by atoms with Gasteiger partial charge in [0.1, 0.15) is 0 Å². The molecule has 28 heavy (non-hydrogen) atoms. The molecule has 2 aromatic heterocycles. The summed E-state index contributed by atoms with van der Waals surface area (Å²) in [6.07, 6.45) is 3.93. The smallest absolute Gasteiger partial charge is 0.281 e. The van der Waals surface area contributed by atoms with Crippen LogP contribution in [0.15, 0.2) is 41.9 Å². The third-order valence-corrected chi connectivity index (χ3v) is 5.64. The molecular formula is C20H23N5O2S. The van der Waals surface area contributed by atoms with Crippen LogP contribution in [-0.2, 0) is 6.54 Å². The molecule has 146 valence electrons. The zero-order chi connectivity index (χ0) is 19.5. The summed E-state index contributed by atoms with van der Waals surface area (Å²) in [5, 5.41) is 19.6. The van der Waals surface area contributed by atoms with Crippen molar-refractivity contribution in [3.8, 4) is 11.4 Å². The lowest BCUT2D eigenvalue weighted by Crippen LogP contribution is -2.33. The maximum atomic E-state index is 12.5. The second-order valence-corrected chi connectivity index (χ2v) is 8.08. The summed E-state index contributed by atoms with van der Waals surface area (Å²) in [5.41, 5.74) is 1.70. The SMILES string of the molecule is CC1CCCN(Cc2csc(NC(=O)c3nn(-c4ccccc4)cc3O)n2)C1. The number of nitrogens with one attached hydrogen (secondary N) is 1. The number of amides is 1. The van der Waals surface area contributed by atoms with Gasteiger partial charge in [-0.25, -0.2) is 9.67 Å². The Labute approximate surface area is 167 Å². The predicted octanol–water partition coefficient (Wildman–Crippen LogP) is 3.52. The second kappa shape index (κ2) is 8.12. The van der Waals surface area contributed by atoms with Crippen molar-refractivity contribution < 1.29 is 9.90 Å². The highest BCUT2D eigenvalue weighted by Gasteiger charge is 2.20. The molecule has 1 aliphatic rings. The monoisotopic (exact) mass is 397 g/mol. The van der Waals surface area contributed by atoms with Crippen molar-refractivity contribution in [2.75, 3.05) is 18.4 Å². The van der Waals surface area contributed by atoms with E-state index >= 15 is 0 Å². The number of nitrogens with zero attached hydrogens (tertiary/aromatic N) is 4. The van der Waals surface area contributed by atoms with Crippen molar-refractivity contribution in [1.82, 2.24) is 19.7 Å². The van der Waals surface area contributed by atoms with Gasteiger partial charge in [0.05, 0.1) is 17.6 Å². The maximum absolute atomic E-state index is 12.5. The number of thiazole rings is 1. The lowest BCUT2D eigenvalue weighted by molar-refractivity contribution is 0.101. The fourth-order valence-corrected chi connectivity index (χ4v) is 4.19. The minimum atomic E-state index is -0.473. The summed E-state index contributed by atoms with van der Waals surface area (Å²) in [4.78, 5) is 19.5. The molecule has 3 aromatic rings. The van der Waals surface area contributed by atoms with Crippen molar-refractivity contribution in [3.63, 3.8) is 0 Å². The number of carbonyl (C=O) groups excluding carboxylic acids is 1. The Morgan fingerprint density at radius 1 is 1.36 bits per heavy atom. The van der Waals surface area contributed by atoms with Gasteiger partial charge in [-0.05, 0) is 37.4 Å². The van der Waals surface area contributed by atoms with E-state index in [4.69, 9.17) is 0 Å². The number of likely N-dealkylation sites (tertiary alicyclic amines) is 1. The van der Waals surface area contributed by atoms with Gasteiger partial charge in [0.2, 0.25) is 0 Å². The first-order valence-corrected chi connectivity index (χ1v) is 10.3. The van der Waals surface area contributed by atoms with Gasteiger partial charge >= 0.3 is 0 Å². The molecule has 4 rings (SSSR count). The van der Waals surface area contributed by atoms with E-state index < -0.39 is 5.91 Å². The van der Waals surface area contributed by atoms with Crippen molar-refractivity contribution in [3.05, 3.63) is 53.3 Å². The average Bonchev–Trinajstić information content (AvgIpc) is 3.29. The van der Waals surface area contributed by atoms with Crippen LogP contribution in [0.5, 0.6) is 5.75 Å². The van der Waals surface area contributed by atoms with E-state index in [1.54, 1.807) is 0 Å². The first-order valence-electron chi connectivity index (χ1n) is 9.40. The molecule has 1 atom stereocenters. The summed E-state index contributed by atoms with van der Waals surface area (Å²) in [6.45, 7) is 5.25. The third kappa shape index (κ3) is 4.23. The van der Waals surface area contributed by atoms with Crippen LogP contribution < -0.4 is 5.32 Å². The van der Waals surface area contributed by atoms with Gasteiger partial charge in [0.25, 0.3) is 5.91 Å². The van der Waals surface area contributed by atoms with Gasteiger partial charge in [0, 0.05) is 18.5 Å². The van der Waals surface area contributed by atoms with Crippen molar-refractivity contribution >= 4 is 22.4 Å². The predicted molar refractivity (Wildman–Crippen MR) is 109 cm³/mol. The van der Waals surface area contributed by atoms with Crippen LogP contribution in [0.1, 0.15) is 35.9 Å². The quantitative estimate of drug-likeness (QED) is 0.688. The van der Waals surface area contributed by atoms with E-state index in [1.165, 1.54) is 35.1 Å². The van der Waals surface area contributed by atoms with Crippen LogP contribution in [0.4, 0.5) is 5.13 Å². The summed E-state index contributed by atoms with van der Waals surface area (Å²) < 4.78 is 1.48. The molecule has 1 fully saturated rings. The molecule has 1 aromatic carbocycles. The van der Waals surface area contributed by atoms with Crippen molar-refractivity contribution in [1.29, 1.82) is 0 Å². The van der Waals surface area contributed by atoms with Crippen molar-refractivity contribution in [2.45, 2.75) is 26.3 Å². The largest absolute Gasteiger partial charge is 0.504 e. The van der Waals surface area contributed by atoms with Gasteiger partial charge in [-0.3, -0.25) is 15.0 Å². The van der Waals surface area contributed by atoms with Gasteiger partial charge in [0.15, 0.2) is 16.6 Å². The Morgan fingerprint density at radius 2 is 2.18 bits per heavy atom. The molecule has 1 aliphatic heterocycles. The normalized spacial score (nSPS) is 17.5. The molecule has 1 unspecified atom stereocenters. The second-order valence-electron chi connectivity index (χ2n) is 7.22. The molecule has 0 aliphatic carbocycles. The summed E-state index contributed by atoms with van der Waals surface area (Å²) >= 11 is 1.39. The summed E-state index contributed by atoms with van der Waals surface area (Å²) in [6, 6.07) is 9.33. The van der Waals surface area contributed by atoms with Crippen LogP contribution >= 0.6 is 11.3 Å². The number of para-hydroxylation sites is 1. The van der Waals surface area contributed by atoms with E-state index in [9.17, 15) is 9.90 Å². The van der Waals surface area contributed by atoms with Crippen LogP contribution in [-0.4, -0.2) is 43.8 Å². The Kier molecular flexibility index (Phi) is 5.40. The highest BCUT2D eigenvalue weighted by Crippen LogP contribution is 2.23. The highest BCUT2D eigenvalue weighted by molar-refractivity contribution is 7.13. The van der Waals surface area contributed by atoms with E-state index in [0.29, 0.717) is 11.0 Å². The molecule has 0 spiro atoms. The first-order chi connectivity index (χ1) is 13.6. The van der Waals surface area contributed by atoms with E-state index in [1.807, 2.05) is 35.7 Å². The summed E-state index contributed by atoms with van der Waals surface area (Å²) in [7, 11) is 0. The van der Waals surface area contributed by atoms with Crippen molar-refractivity contribution in [2.24, 2.45) is 5.92 Å². The van der Waals surface area contributed by atoms with Gasteiger partial charge in [-0.2, -0.15) is 5.10 Å². The van der Waals surface area contributed by atoms with Gasteiger partial charge in [-0.1, -0.05) is 25.1 Å². The molecule has 1 saturated heterocycles. The molecule has 0 radical (unpaired) electrons. The fraction of sp³-hybridized carbons (Fsp3) is 0.350. The Morgan fingerprint density at radius 3 is 2.96 bits per heavy atom. The fourth-order valence-electron chi connectivity index (χ4n) is 3.49. The average molecular weight is 398 g/mol. The number of benzene rings is 1. The number of piperidine rings is 1. The van der Waals surface area contributed by atoms with E-state index in [-0.39, 0.29) is 11.4 Å². The Balaban J connectivity index is 1.42.